The summed E-state index contributed by atoms with van der Waals surface area (Å²) in [4.78, 5) is 2.47. The molecule has 0 bridgehead atoms. The fraction of sp³-hybridized carbons (Fsp3) is 0.529. The van der Waals surface area contributed by atoms with E-state index in [9.17, 15) is 0 Å². The van der Waals surface area contributed by atoms with E-state index in [4.69, 9.17) is 5.73 Å². The molecule has 0 unspecified atom stereocenters. The minimum absolute atomic E-state index is 0.446. The number of anilines is 1. The number of benzene rings is 1. The number of hydrogen-bond acceptors (Lipinski definition) is 4. The van der Waals surface area contributed by atoms with Crippen LogP contribution in [0.1, 0.15) is 44.0 Å². The Kier molecular flexibility index (Phi) is 4.73. The Labute approximate surface area is 132 Å². The second kappa shape index (κ2) is 6.92. The van der Waals surface area contributed by atoms with E-state index in [-0.39, 0.29) is 0 Å². The van der Waals surface area contributed by atoms with E-state index in [2.05, 4.69) is 46.4 Å². The highest BCUT2D eigenvalue weighted by atomic mass is 15.4. The Morgan fingerprint density at radius 1 is 1.05 bits per heavy atom. The number of nitrogens with zero attached hydrogens (tertiary/aromatic N) is 4. The fourth-order valence-corrected chi connectivity index (χ4v) is 3.14. The largest absolute Gasteiger partial charge is 0.372 e. The number of hydrogen-bond donors (Lipinski definition) is 1. The van der Waals surface area contributed by atoms with Crippen molar-refractivity contribution in [1.29, 1.82) is 0 Å². The van der Waals surface area contributed by atoms with E-state index in [1.54, 1.807) is 0 Å². The van der Waals surface area contributed by atoms with Gasteiger partial charge in [0.2, 0.25) is 0 Å². The Morgan fingerprint density at radius 2 is 1.73 bits per heavy atom. The molecule has 1 aliphatic rings. The van der Waals surface area contributed by atoms with Gasteiger partial charge in [-0.3, -0.25) is 0 Å². The molecule has 0 atom stereocenters. The van der Waals surface area contributed by atoms with Crippen molar-refractivity contribution in [3.8, 4) is 5.69 Å². The van der Waals surface area contributed by atoms with Crippen LogP contribution in [0.4, 0.5) is 5.69 Å². The molecule has 1 aromatic heterocycles. The van der Waals surface area contributed by atoms with E-state index in [1.165, 1.54) is 38.0 Å². The molecule has 0 spiro atoms. The van der Waals surface area contributed by atoms with Gasteiger partial charge >= 0.3 is 0 Å². The Morgan fingerprint density at radius 3 is 2.36 bits per heavy atom. The Bertz CT molecular complexity index is 596. The monoisotopic (exact) mass is 299 g/mol. The average Bonchev–Trinajstić information content (AvgIpc) is 2.99. The average molecular weight is 299 g/mol. The molecule has 5 heteroatoms. The van der Waals surface area contributed by atoms with Crippen molar-refractivity contribution in [3.63, 3.8) is 0 Å². The summed E-state index contributed by atoms with van der Waals surface area (Å²) in [5, 5.41) is 8.51. The normalized spacial score (nSPS) is 15.3. The van der Waals surface area contributed by atoms with Gasteiger partial charge < -0.3 is 10.6 Å². The molecule has 0 aliphatic carbocycles. The second-order valence-corrected chi connectivity index (χ2v) is 5.91. The van der Waals surface area contributed by atoms with E-state index in [1.807, 2.05) is 4.68 Å². The van der Waals surface area contributed by atoms with Gasteiger partial charge in [-0.2, -0.15) is 0 Å². The van der Waals surface area contributed by atoms with E-state index < -0.39 is 0 Å². The molecule has 1 aliphatic heterocycles. The molecule has 0 amide bonds. The zero-order valence-electron chi connectivity index (χ0n) is 13.3. The van der Waals surface area contributed by atoms with Crippen molar-refractivity contribution >= 4 is 5.69 Å². The molecule has 1 saturated heterocycles. The minimum Gasteiger partial charge on any atom is -0.372 e. The second-order valence-electron chi connectivity index (χ2n) is 5.91. The van der Waals surface area contributed by atoms with Crippen molar-refractivity contribution in [3.05, 3.63) is 35.7 Å². The van der Waals surface area contributed by atoms with Crippen LogP contribution in [-0.4, -0.2) is 28.1 Å². The van der Waals surface area contributed by atoms with Crippen LogP contribution in [0.2, 0.25) is 0 Å². The third-order valence-electron chi connectivity index (χ3n) is 4.34. The molecule has 0 radical (unpaired) electrons. The molecular formula is C17H25N5. The summed E-state index contributed by atoms with van der Waals surface area (Å²) in [6.45, 7) is 4.94. The molecule has 1 aromatic carbocycles. The summed E-state index contributed by atoms with van der Waals surface area (Å²) in [6.07, 6.45) is 5.96. The first-order chi connectivity index (χ1) is 10.8. The van der Waals surface area contributed by atoms with Crippen LogP contribution in [-0.2, 0) is 13.0 Å². The van der Waals surface area contributed by atoms with Crippen LogP contribution in [0.15, 0.2) is 24.3 Å². The van der Waals surface area contributed by atoms with Gasteiger partial charge in [-0.15, -0.1) is 5.10 Å². The van der Waals surface area contributed by atoms with Crippen molar-refractivity contribution in [2.24, 2.45) is 5.73 Å². The summed E-state index contributed by atoms with van der Waals surface area (Å²) in [6, 6.07) is 8.66. The molecule has 2 aromatic rings. The molecular weight excluding hydrogens is 274 g/mol. The maximum absolute atomic E-state index is 5.77. The summed E-state index contributed by atoms with van der Waals surface area (Å²) in [5.74, 6) is 0. The first-order valence-electron chi connectivity index (χ1n) is 8.32. The summed E-state index contributed by atoms with van der Waals surface area (Å²) >= 11 is 0. The van der Waals surface area contributed by atoms with Gasteiger partial charge in [-0.1, -0.05) is 18.6 Å². The molecule has 118 valence electrons. The lowest BCUT2D eigenvalue weighted by Crippen LogP contribution is -2.29. The maximum atomic E-state index is 5.77. The lowest BCUT2D eigenvalue weighted by Gasteiger charge is -2.28. The third kappa shape index (κ3) is 2.99. The zero-order chi connectivity index (χ0) is 15.4. The minimum atomic E-state index is 0.446. The lowest BCUT2D eigenvalue weighted by molar-refractivity contribution is 0.578. The Balaban J connectivity index is 1.84. The maximum Gasteiger partial charge on any atom is 0.0999 e. The highest BCUT2D eigenvalue weighted by molar-refractivity contribution is 5.51. The highest BCUT2D eigenvalue weighted by Crippen LogP contribution is 2.22. The van der Waals surface area contributed by atoms with E-state index in [0.29, 0.717) is 6.54 Å². The fourth-order valence-electron chi connectivity index (χ4n) is 3.14. The lowest BCUT2D eigenvalue weighted by atomic mass is 10.1. The van der Waals surface area contributed by atoms with Crippen LogP contribution in [0, 0.1) is 0 Å². The standard InChI is InChI=1S/C17H25N5/c1-2-6-17-16(13-18)19-20-22(17)15-9-7-14(8-10-15)21-11-4-3-5-12-21/h7-10H,2-6,11-13,18H2,1H3. The number of piperidine rings is 1. The van der Waals surface area contributed by atoms with Gasteiger partial charge in [-0.25, -0.2) is 4.68 Å². The first kappa shape index (κ1) is 15.0. The Hall–Kier alpha value is -1.88. The van der Waals surface area contributed by atoms with Crippen molar-refractivity contribution < 1.29 is 0 Å². The van der Waals surface area contributed by atoms with Crippen molar-refractivity contribution in [1.82, 2.24) is 15.0 Å². The van der Waals surface area contributed by atoms with Crippen molar-refractivity contribution in [2.75, 3.05) is 18.0 Å². The molecule has 2 heterocycles. The quantitative estimate of drug-likeness (QED) is 0.922. The SMILES string of the molecule is CCCc1c(CN)nnn1-c1ccc(N2CCCCC2)cc1. The molecule has 5 nitrogen and oxygen atoms in total. The van der Waals surface area contributed by atoms with Gasteiger partial charge in [0.1, 0.15) is 0 Å². The van der Waals surface area contributed by atoms with Gasteiger partial charge in [0, 0.05) is 25.3 Å². The van der Waals surface area contributed by atoms with Gasteiger partial charge in [0.25, 0.3) is 0 Å². The summed E-state index contributed by atoms with van der Waals surface area (Å²) in [5.41, 5.74) is 10.2. The number of aromatic nitrogens is 3. The van der Waals surface area contributed by atoms with Gasteiger partial charge in [0.05, 0.1) is 17.1 Å². The summed E-state index contributed by atoms with van der Waals surface area (Å²) < 4.78 is 1.94. The predicted molar refractivity (Wildman–Crippen MR) is 89.3 cm³/mol. The van der Waals surface area contributed by atoms with Crippen LogP contribution in [0.5, 0.6) is 0 Å². The van der Waals surface area contributed by atoms with Crippen LogP contribution < -0.4 is 10.6 Å². The molecule has 22 heavy (non-hydrogen) atoms. The summed E-state index contributed by atoms with van der Waals surface area (Å²) in [7, 11) is 0. The van der Waals surface area contributed by atoms with Crippen LogP contribution in [0.25, 0.3) is 5.69 Å². The highest BCUT2D eigenvalue weighted by Gasteiger charge is 2.14. The molecule has 2 N–H and O–H groups in total. The number of rotatable bonds is 5. The molecule has 3 rings (SSSR count). The zero-order valence-corrected chi connectivity index (χ0v) is 13.3. The predicted octanol–water partition coefficient (Wildman–Crippen LogP) is 2.67. The van der Waals surface area contributed by atoms with E-state index in [0.717, 1.165) is 29.9 Å². The van der Waals surface area contributed by atoms with Crippen molar-refractivity contribution in [2.45, 2.75) is 45.6 Å². The third-order valence-corrected chi connectivity index (χ3v) is 4.34. The topological polar surface area (TPSA) is 60.0 Å². The molecule has 1 fully saturated rings. The van der Waals surface area contributed by atoms with Crippen LogP contribution in [0.3, 0.4) is 0 Å². The van der Waals surface area contributed by atoms with Crippen LogP contribution >= 0.6 is 0 Å². The number of nitrogens with two attached hydrogens (primary N) is 1. The van der Waals surface area contributed by atoms with E-state index >= 15 is 0 Å². The first-order valence-corrected chi connectivity index (χ1v) is 8.32. The smallest absolute Gasteiger partial charge is 0.0999 e. The molecule has 0 saturated carbocycles. The van der Waals surface area contributed by atoms with Gasteiger partial charge in [-0.05, 0) is 49.9 Å². The van der Waals surface area contributed by atoms with Gasteiger partial charge in [0.15, 0.2) is 0 Å².